The number of hydrogen-bond acceptors (Lipinski definition) is 4. The fraction of sp³-hybridized carbons (Fsp3) is 0.364. The SMILES string of the molecule is Cc1cc(-n2nc(C(C)C)c(Br)c2N)ncn1. The van der Waals surface area contributed by atoms with Crippen LogP contribution in [0, 0.1) is 6.92 Å². The van der Waals surface area contributed by atoms with Crippen molar-refractivity contribution in [3.8, 4) is 5.82 Å². The molecule has 0 fully saturated rings. The standard InChI is InChI=1S/C11H14BrN5/c1-6(2)10-9(12)11(13)17(16-10)8-4-7(3)14-5-15-8/h4-6H,13H2,1-3H3. The third-order valence-corrected chi connectivity index (χ3v) is 3.25. The highest BCUT2D eigenvalue weighted by atomic mass is 79.9. The van der Waals surface area contributed by atoms with E-state index < -0.39 is 0 Å². The van der Waals surface area contributed by atoms with Crippen molar-refractivity contribution in [1.29, 1.82) is 0 Å². The molecule has 2 aromatic rings. The Morgan fingerprint density at radius 3 is 2.59 bits per heavy atom. The van der Waals surface area contributed by atoms with Gasteiger partial charge in [-0.3, -0.25) is 0 Å². The van der Waals surface area contributed by atoms with Crippen LogP contribution >= 0.6 is 15.9 Å². The largest absolute Gasteiger partial charge is 0.383 e. The first-order valence-electron chi connectivity index (χ1n) is 5.33. The molecule has 0 aliphatic carbocycles. The monoisotopic (exact) mass is 295 g/mol. The summed E-state index contributed by atoms with van der Waals surface area (Å²) in [6, 6.07) is 1.85. The Kier molecular flexibility index (Phi) is 3.15. The first-order chi connectivity index (χ1) is 8.00. The minimum atomic E-state index is 0.302. The van der Waals surface area contributed by atoms with Gasteiger partial charge in [-0.25, -0.2) is 9.97 Å². The molecule has 2 aromatic heterocycles. The summed E-state index contributed by atoms with van der Waals surface area (Å²) in [6.45, 7) is 6.05. The number of hydrogen-bond donors (Lipinski definition) is 1. The summed E-state index contributed by atoms with van der Waals surface area (Å²) in [5.41, 5.74) is 7.83. The van der Waals surface area contributed by atoms with E-state index in [1.54, 1.807) is 4.68 Å². The van der Waals surface area contributed by atoms with Gasteiger partial charge in [0.15, 0.2) is 5.82 Å². The average molecular weight is 296 g/mol. The lowest BCUT2D eigenvalue weighted by Crippen LogP contribution is -2.05. The van der Waals surface area contributed by atoms with Gasteiger partial charge in [0.25, 0.3) is 0 Å². The zero-order valence-corrected chi connectivity index (χ0v) is 11.6. The summed E-state index contributed by atoms with van der Waals surface area (Å²) in [4.78, 5) is 8.23. The Labute approximate surface area is 108 Å². The first kappa shape index (κ1) is 12.0. The van der Waals surface area contributed by atoms with E-state index in [0.717, 1.165) is 15.9 Å². The van der Waals surface area contributed by atoms with Crippen molar-refractivity contribution in [2.75, 3.05) is 5.73 Å². The predicted octanol–water partition coefficient (Wildman–Crippen LogP) is 2.44. The van der Waals surface area contributed by atoms with Crippen LogP contribution in [0.2, 0.25) is 0 Å². The predicted molar refractivity (Wildman–Crippen MR) is 70.1 cm³/mol. The zero-order chi connectivity index (χ0) is 12.6. The van der Waals surface area contributed by atoms with Crippen molar-refractivity contribution in [2.24, 2.45) is 0 Å². The molecule has 5 nitrogen and oxygen atoms in total. The van der Waals surface area contributed by atoms with E-state index in [0.29, 0.717) is 17.6 Å². The van der Waals surface area contributed by atoms with Gasteiger partial charge in [0.1, 0.15) is 12.1 Å². The van der Waals surface area contributed by atoms with Gasteiger partial charge in [-0.2, -0.15) is 9.78 Å². The van der Waals surface area contributed by atoms with Gasteiger partial charge in [-0.15, -0.1) is 0 Å². The van der Waals surface area contributed by atoms with Crippen LogP contribution in [-0.2, 0) is 0 Å². The molecule has 0 saturated heterocycles. The van der Waals surface area contributed by atoms with Crippen LogP contribution in [0.5, 0.6) is 0 Å². The molecule has 2 rings (SSSR count). The highest BCUT2D eigenvalue weighted by Crippen LogP contribution is 2.30. The molecule has 0 radical (unpaired) electrons. The van der Waals surface area contributed by atoms with Crippen LogP contribution in [0.3, 0.4) is 0 Å². The van der Waals surface area contributed by atoms with E-state index in [1.807, 2.05) is 13.0 Å². The maximum Gasteiger partial charge on any atom is 0.159 e. The van der Waals surface area contributed by atoms with Gasteiger partial charge in [0, 0.05) is 11.8 Å². The molecule has 2 heterocycles. The Hall–Kier alpha value is -1.43. The second-order valence-electron chi connectivity index (χ2n) is 4.17. The van der Waals surface area contributed by atoms with Crippen LogP contribution in [-0.4, -0.2) is 19.7 Å². The number of nitrogens with two attached hydrogens (primary N) is 1. The highest BCUT2D eigenvalue weighted by Gasteiger charge is 2.17. The molecule has 0 bridgehead atoms. The van der Waals surface area contributed by atoms with Crippen LogP contribution in [0.25, 0.3) is 5.82 Å². The molecule has 0 spiro atoms. The Morgan fingerprint density at radius 2 is 2.06 bits per heavy atom. The van der Waals surface area contributed by atoms with E-state index in [4.69, 9.17) is 5.73 Å². The van der Waals surface area contributed by atoms with Crippen LogP contribution in [0.4, 0.5) is 5.82 Å². The van der Waals surface area contributed by atoms with Gasteiger partial charge in [0.2, 0.25) is 0 Å². The maximum atomic E-state index is 6.02. The summed E-state index contributed by atoms with van der Waals surface area (Å²) in [5.74, 6) is 1.55. The first-order valence-corrected chi connectivity index (χ1v) is 6.13. The summed E-state index contributed by atoms with van der Waals surface area (Å²) >= 11 is 3.47. The number of nitrogen functional groups attached to an aromatic ring is 1. The van der Waals surface area contributed by atoms with E-state index in [1.165, 1.54) is 6.33 Å². The summed E-state index contributed by atoms with van der Waals surface area (Å²) in [7, 11) is 0. The van der Waals surface area contributed by atoms with E-state index in [9.17, 15) is 0 Å². The van der Waals surface area contributed by atoms with Crippen LogP contribution in [0.15, 0.2) is 16.9 Å². The molecular formula is C11H14BrN5. The van der Waals surface area contributed by atoms with E-state index in [-0.39, 0.29) is 0 Å². The van der Waals surface area contributed by atoms with Gasteiger partial charge >= 0.3 is 0 Å². The fourth-order valence-electron chi connectivity index (χ4n) is 1.53. The van der Waals surface area contributed by atoms with E-state index in [2.05, 4.69) is 44.8 Å². The molecule has 0 unspecified atom stereocenters. The number of aromatic nitrogens is 4. The van der Waals surface area contributed by atoms with Crippen molar-refractivity contribution in [3.05, 3.63) is 28.3 Å². The molecule has 6 heteroatoms. The topological polar surface area (TPSA) is 69.6 Å². The van der Waals surface area contributed by atoms with Crippen molar-refractivity contribution < 1.29 is 0 Å². The van der Waals surface area contributed by atoms with E-state index >= 15 is 0 Å². The highest BCUT2D eigenvalue weighted by molar-refractivity contribution is 9.10. The molecule has 0 aromatic carbocycles. The number of rotatable bonds is 2. The Morgan fingerprint density at radius 1 is 1.35 bits per heavy atom. The van der Waals surface area contributed by atoms with Crippen LogP contribution in [0.1, 0.15) is 31.2 Å². The van der Waals surface area contributed by atoms with Gasteiger partial charge in [-0.1, -0.05) is 13.8 Å². The molecule has 0 amide bonds. The lowest BCUT2D eigenvalue weighted by Gasteiger charge is -2.02. The minimum absolute atomic E-state index is 0.302. The smallest absolute Gasteiger partial charge is 0.159 e. The summed E-state index contributed by atoms with van der Waals surface area (Å²) in [6.07, 6.45) is 1.51. The number of aryl methyl sites for hydroxylation is 1. The Balaban J connectivity index is 2.57. The second kappa shape index (κ2) is 4.44. The average Bonchev–Trinajstić information content (AvgIpc) is 2.56. The Bertz CT molecular complexity index is 547. The fourth-order valence-corrected chi connectivity index (χ4v) is 2.23. The summed E-state index contributed by atoms with van der Waals surface area (Å²) < 4.78 is 2.47. The molecule has 0 aliphatic rings. The van der Waals surface area contributed by atoms with Crippen molar-refractivity contribution in [1.82, 2.24) is 19.7 Å². The van der Waals surface area contributed by atoms with Gasteiger partial charge < -0.3 is 5.73 Å². The molecule has 0 aliphatic heterocycles. The second-order valence-corrected chi connectivity index (χ2v) is 4.96. The summed E-state index contributed by atoms with van der Waals surface area (Å²) in [5, 5.41) is 4.47. The maximum absolute atomic E-state index is 6.02. The van der Waals surface area contributed by atoms with Crippen LogP contribution < -0.4 is 5.73 Å². The molecule has 0 saturated carbocycles. The van der Waals surface area contributed by atoms with Crippen molar-refractivity contribution >= 4 is 21.7 Å². The molecular weight excluding hydrogens is 282 g/mol. The van der Waals surface area contributed by atoms with Gasteiger partial charge in [-0.05, 0) is 28.8 Å². The van der Waals surface area contributed by atoms with Gasteiger partial charge in [0.05, 0.1) is 10.2 Å². The lowest BCUT2D eigenvalue weighted by atomic mass is 10.1. The number of halogens is 1. The quantitative estimate of drug-likeness (QED) is 0.924. The minimum Gasteiger partial charge on any atom is -0.383 e. The normalized spacial score (nSPS) is 11.1. The third-order valence-electron chi connectivity index (χ3n) is 2.44. The molecule has 17 heavy (non-hydrogen) atoms. The van der Waals surface area contributed by atoms with Crippen molar-refractivity contribution in [3.63, 3.8) is 0 Å². The number of nitrogens with zero attached hydrogens (tertiary/aromatic N) is 4. The van der Waals surface area contributed by atoms with Crippen molar-refractivity contribution in [2.45, 2.75) is 26.7 Å². The number of anilines is 1. The lowest BCUT2D eigenvalue weighted by molar-refractivity contribution is 0.756. The molecule has 2 N–H and O–H groups in total. The molecule has 0 atom stereocenters. The zero-order valence-electron chi connectivity index (χ0n) is 9.98. The molecule has 90 valence electrons. The third kappa shape index (κ3) is 2.17.